The van der Waals surface area contributed by atoms with Crippen molar-refractivity contribution in [1.82, 2.24) is 0 Å². The van der Waals surface area contributed by atoms with E-state index in [1.807, 2.05) is 60.3 Å². The number of carbonyl (C=O) groups is 1. The Bertz CT molecular complexity index is 861. The number of rotatable bonds is 5. The molecule has 1 aromatic heterocycles. The molecule has 3 rings (SSSR count). The third kappa shape index (κ3) is 5.00. The number of carbonyl (C=O) groups excluding carboxylic acids is 1. The highest BCUT2D eigenvalue weighted by Gasteiger charge is 2.10. The minimum atomic E-state index is -0.0393. The molecule has 0 atom stereocenters. The van der Waals surface area contributed by atoms with Gasteiger partial charge in [-0.1, -0.05) is 46.3 Å². The predicted molar refractivity (Wildman–Crippen MR) is 103 cm³/mol. The molecular weight excluding hydrogens is 376 g/mol. The lowest BCUT2D eigenvalue weighted by atomic mass is 10.1. The molecular formula is C21H20BrN2O+. The third-order valence-electron chi connectivity index (χ3n) is 3.98. The van der Waals surface area contributed by atoms with Crippen molar-refractivity contribution in [1.29, 1.82) is 0 Å². The maximum absolute atomic E-state index is 12.2. The Hall–Kier alpha value is -2.46. The first-order valence-corrected chi connectivity index (χ1v) is 8.97. The van der Waals surface area contributed by atoms with Crippen molar-refractivity contribution in [2.24, 2.45) is 0 Å². The molecule has 0 saturated carbocycles. The van der Waals surface area contributed by atoms with Crippen LogP contribution in [-0.2, 0) is 17.8 Å². The summed E-state index contributed by atoms with van der Waals surface area (Å²) in [6.07, 6.45) is 4.79. The molecule has 0 radical (unpaired) electrons. The number of hydrogen-bond donors (Lipinski definition) is 1. The molecule has 0 bridgehead atoms. The zero-order valence-corrected chi connectivity index (χ0v) is 15.7. The van der Waals surface area contributed by atoms with Crippen molar-refractivity contribution in [2.75, 3.05) is 5.32 Å². The summed E-state index contributed by atoms with van der Waals surface area (Å²) >= 11 is 3.46. The van der Waals surface area contributed by atoms with Crippen LogP contribution in [-0.4, -0.2) is 5.91 Å². The van der Waals surface area contributed by atoms with Gasteiger partial charge in [-0.3, -0.25) is 4.79 Å². The molecule has 3 aromatic rings. The lowest BCUT2D eigenvalue weighted by molar-refractivity contribution is -0.684. The molecule has 2 aromatic carbocycles. The number of benzene rings is 2. The quantitative estimate of drug-likeness (QED) is 0.642. The summed E-state index contributed by atoms with van der Waals surface area (Å²) in [7, 11) is 0. The average molecular weight is 396 g/mol. The topological polar surface area (TPSA) is 33.0 Å². The second-order valence-electron chi connectivity index (χ2n) is 6.05. The fourth-order valence-corrected chi connectivity index (χ4v) is 2.88. The summed E-state index contributed by atoms with van der Waals surface area (Å²) < 4.78 is 2.92. The standard InChI is InChI=1S/C21H19BrN2O/c1-16-13-19(7-8-20(16)22)23-21(25)15-24-11-9-18(10-12-24)14-17-5-3-2-4-6-17/h2-13H,14-15H2,1H3/p+1. The molecule has 0 aliphatic heterocycles. The Balaban J connectivity index is 1.59. The Morgan fingerprint density at radius 3 is 2.36 bits per heavy atom. The Morgan fingerprint density at radius 2 is 1.68 bits per heavy atom. The molecule has 4 heteroatoms. The highest BCUT2D eigenvalue weighted by atomic mass is 79.9. The highest BCUT2D eigenvalue weighted by molar-refractivity contribution is 9.10. The maximum Gasteiger partial charge on any atom is 0.290 e. The zero-order valence-electron chi connectivity index (χ0n) is 14.1. The summed E-state index contributed by atoms with van der Waals surface area (Å²) in [5, 5.41) is 2.93. The number of pyridine rings is 1. The van der Waals surface area contributed by atoms with Gasteiger partial charge >= 0.3 is 0 Å². The number of halogens is 1. The Labute approximate surface area is 156 Å². The molecule has 1 N–H and O–H groups in total. The smallest absolute Gasteiger partial charge is 0.290 e. The summed E-state index contributed by atoms with van der Waals surface area (Å²) in [5.41, 5.74) is 4.41. The zero-order chi connectivity index (χ0) is 17.6. The van der Waals surface area contributed by atoms with Gasteiger partial charge in [0.2, 0.25) is 6.54 Å². The van der Waals surface area contributed by atoms with E-state index in [4.69, 9.17) is 0 Å². The van der Waals surface area contributed by atoms with Crippen LogP contribution in [0.15, 0.2) is 77.5 Å². The van der Waals surface area contributed by atoms with E-state index in [9.17, 15) is 4.79 Å². The largest absolute Gasteiger partial charge is 0.321 e. The van der Waals surface area contributed by atoms with Gasteiger partial charge in [0, 0.05) is 22.3 Å². The van der Waals surface area contributed by atoms with E-state index >= 15 is 0 Å². The van der Waals surface area contributed by atoms with E-state index in [0.717, 1.165) is 22.1 Å². The van der Waals surface area contributed by atoms with Crippen LogP contribution in [0.1, 0.15) is 16.7 Å². The molecule has 1 heterocycles. The monoisotopic (exact) mass is 395 g/mol. The molecule has 25 heavy (non-hydrogen) atoms. The van der Waals surface area contributed by atoms with Crippen LogP contribution < -0.4 is 9.88 Å². The van der Waals surface area contributed by atoms with E-state index < -0.39 is 0 Å². The van der Waals surface area contributed by atoms with Crippen LogP contribution in [0.5, 0.6) is 0 Å². The fourth-order valence-electron chi connectivity index (χ4n) is 2.63. The predicted octanol–water partition coefficient (Wildman–Crippen LogP) is 4.27. The SMILES string of the molecule is Cc1cc(NC(=O)C[n+]2ccc(Cc3ccccc3)cc2)ccc1Br. The maximum atomic E-state index is 12.2. The number of aromatic nitrogens is 1. The third-order valence-corrected chi connectivity index (χ3v) is 4.87. The van der Waals surface area contributed by atoms with Gasteiger partial charge in [0.05, 0.1) is 0 Å². The number of amides is 1. The van der Waals surface area contributed by atoms with Crippen molar-refractivity contribution in [3.05, 3.63) is 94.2 Å². The second kappa shape index (κ2) is 8.08. The summed E-state index contributed by atoms with van der Waals surface area (Å²) in [4.78, 5) is 12.2. The average Bonchev–Trinajstić information content (AvgIpc) is 2.61. The van der Waals surface area contributed by atoms with Crippen LogP contribution in [0.2, 0.25) is 0 Å². The van der Waals surface area contributed by atoms with Gasteiger partial charge in [0.1, 0.15) is 0 Å². The van der Waals surface area contributed by atoms with Crippen molar-refractivity contribution in [3.8, 4) is 0 Å². The van der Waals surface area contributed by atoms with Crippen molar-refractivity contribution >= 4 is 27.5 Å². The number of nitrogens with one attached hydrogen (secondary N) is 1. The van der Waals surface area contributed by atoms with Gasteiger partial charge in [0.15, 0.2) is 12.4 Å². The molecule has 0 aliphatic carbocycles. The van der Waals surface area contributed by atoms with Gasteiger partial charge < -0.3 is 5.32 Å². The summed E-state index contributed by atoms with van der Waals surface area (Å²) in [5.74, 6) is -0.0393. The lowest BCUT2D eigenvalue weighted by Crippen LogP contribution is -2.39. The molecule has 0 spiro atoms. The van der Waals surface area contributed by atoms with Crippen molar-refractivity contribution < 1.29 is 9.36 Å². The van der Waals surface area contributed by atoms with Crippen LogP contribution in [0, 0.1) is 6.92 Å². The summed E-state index contributed by atoms with van der Waals surface area (Å²) in [6.45, 7) is 2.29. The normalized spacial score (nSPS) is 10.5. The first-order chi connectivity index (χ1) is 12.1. The minimum absolute atomic E-state index is 0.0393. The van der Waals surface area contributed by atoms with Crippen LogP contribution in [0.3, 0.4) is 0 Å². The number of hydrogen-bond acceptors (Lipinski definition) is 1. The fraction of sp³-hybridized carbons (Fsp3) is 0.143. The molecule has 3 nitrogen and oxygen atoms in total. The summed E-state index contributed by atoms with van der Waals surface area (Å²) in [6, 6.07) is 20.3. The molecule has 1 amide bonds. The van der Waals surface area contributed by atoms with Crippen LogP contribution in [0.25, 0.3) is 0 Å². The first-order valence-electron chi connectivity index (χ1n) is 8.18. The van der Waals surface area contributed by atoms with Gasteiger partial charge in [-0.05, 0) is 48.2 Å². The highest BCUT2D eigenvalue weighted by Crippen LogP contribution is 2.19. The molecule has 0 fully saturated rings. The van der Waals surface area contributed by atoms with Gasteiger partial charge in [-0.2, -0.15) is 4.57 Å². The molecule has 0 unspecified atom stereocenters. The Morgan fingerprint density at radius 1 is 1.00 bits per heavy atom. The van der Waals surface area contributed by atoms with E-state index in [-0.39, 0.29) is 5.91 Å². The van der Waals surface area contributed by atoms with E-state index in [2.05, 4.69) is 45.5 Å². The number of aryl methyl sites for hydroxylation is 1. The second-order valence-corrected chi connectivity index (χ2v) is 6.91. The van der Waals surface area contributed by atoms with Gasteiger partial charge in [0.25, 0.3) is 5.91 Å². The molecule has 0 saturated heterocycles. The first kappa shape index (κ1) is 17.4. The molecule has 126 valence electrons. The van der Waals surface area contributed by atoms with E-state index in [0.29, 0.717) is 6.54 Å². The Kier molecular flexibility index (Phi) is 5.61. The molecule has 0 aliphatic rings. The lowest BCUT2D eigenvalue weighted by Gasteiger charge is -2.06. The van der Waals surface area contributed by atoms with Crippen molar-refractivity contribution in [3.63, 3.8) is 0 Å². The van der Waals surface area contributed by atoms with Gasteiger partial charge in [-0.25, -0.2) is 0 Å². The van der Waals surface area contributed by atoms with E-state index in [1.165, 1.54) is 11.1 Å². The minimum Gasteiger partial charge on any atom is -0.321 e. The van der Waals surface area contributed by atoms with Crippen LogP contribution >= 0.6 is 15.9 Å². The van der Waals surface area contributed by atoms with Crippen molar-refractivity contribution in [2.45, 2.75) is 19.9 Å². The number of anilines is 1. The van der Waals surface area contributed by atoms with E-state index in [1.54, 1.807) is 0 Å². The van der Waals surface area contributed by atoms with Gasteiger partial charge in [-0.15, -0.1) is 0 Å². The number of nitrogens with zero attached hydrogens (tertiary/aromatic N) is 1. The van der Waals surface area contributed by atoms with Crippen LogP contribution in [0.4, 0.5) is 5.69 Å².